The van der Waals surface area contributed by atoms with Crippen molar-refractivity contribution in [3.63, 3.8) is 0 Å². The molecule has 3 amide bonds. The molecular formula is C23H26ClN7O2. The van der Waals surface area contributed by atoms with Gasteiger partial charge in [0.1, 0.15) is 6.33 Å². The van der Waals surface area contributed by atoms with Crippen molar-refractivity contribution in [3.05, 3.63) is 71.0 Å². The number of benzene rings is 2. The van der Waals surface area contributed by atoms with E-state index in [1.54, 1.807) is 23.1 Å². The molecule has 9 nitrogen and oxygen atoms in total. The van der Waals surface area contributed by atoms with E-state index in [0.717, 1.165) is 18.4 Å². The van der Waals surface area contributed by atoms with E-state index in [4.69, 9.17) is 17.3 Å². The van der Waals surface area contributed by atoms with Crippen molar-refractivity contribution in [2.24, 2.45) is 5.73 Å². The molecule has 2 atom stereocenters. The van der Waals surface area contributed by atoms with Gasteiger partial charge in [0, 0.05) is 17.6 Å². The van der Waals surface area contributed by atoms with Crippen LogP contribution in [0.1, 0.15) is 30.9 Å². The summed E-state index contributed by atoms with van der Waals surface area (Å²) in [5, 5.41) is 11.8. The van der Waals surface area contributed by atoms with Crippen LogP contribution >= 0.6 is 11.6 Å². The number of carbonyl (C=O) groups excluding carboxylic acids is 2. The van der Waals surface area contributed by atoms with Gasteiger partial charge in [0.05, 0.1) is 18.3 Å². The molecule has 172 valence electrons. The summed E-state index contributed by atoms with van der Waals surface area (Å²) in [6.45, 7) is 2.59. The average Bonchev–Trinajstić information content (AvgIpc) is 3.49. The lowest BCUT2D eigenvalue weighted by Gasteiger charge is -2.31. The zero-order valence-electron chi connectivity index (χ0n) is 18.3. The lowest BCUT2D eigenvalue weighted by atomic mass is 10.0. The number of aromatic nitrogens is 4. The summed E-state index contributed by atoms with van der Waals surface area (Å²) in [6, 6.07) is 13.5. The number of carbonyl (C=O) groups is 2. The van der Waals surface area contributed by atoms with Crippen LogP contribution in [0.15, 0.2) is 54.9 Å². The van der Waals surface area contributed by atoms with Crippen molar-refractivity contribution < 1.29 is 9.59 Å². The number of rotatable bonds is 6. The van der Waals surface area contributed by atoms with E-state index in [1.807, 2.05) is 37.3 Å². The van der Waals surface area contributed by atoms with Crippen molar-refractivity contribution in [1.82, 2.24) is 30.0 Å². The van der Waals surface area contributed by atoms with E-state index in [1.165, 1.54) is 15.9 Å². The maximum atomic E-state index is 13.5. The van der Waals surface area contributed by atoms with Crippen LogP contribution in [0.5, 0.6) is 0 Å². The summed E-state index contributed by atoms with van der Waals surface area (Å²) < 4.78 is 1.47. The van der Waals surface area contributed by atoms with Crippen LogP contribution in [0.4, 0.5) is 4.79 Å². The van der Waals surface area contributed by atoms with Gasteiger partial charge in [-0.15, -0.1) is 5.10 Å². The summed E-state index contributed by atoms with van der Waals surface area (Å²) in [7, 11) is 0. The van der Waals surface area contributed by atoms with Crippen LogP contribution in [0.2, 0.25) is 5.02 Å². The molecule has 0 saturated carbocycles. The first-order valence-electron chi connectivity index (χ1n) is 10.9. The molecule has 10 heteroatoms. The molecule has 0 bridgehead atoms. The molecule has 1 aliphatic heterocycles. The van der Waals surface area contributed by atoms with E-state index < -0.39 is 11.9 Å². The minimum absolute atomic E-state index is 0.000863. The lowest BCUT2D eigenvalue weighted by molar-refractivity contribution is -0.130. The molecule has 2 N–H and O–H groups in total. The molecule has 0 radical (unpaired) electrons. The van der Waals surface area contributed by atoms with Gasteiger partial charge < -0.3 is 10.6 Å². The van der Waals surface area contributed by atoms with Gasteiger partial charge in [0.2, 0.25) is 5.91 Å². The molecule has 3 aromatic rings. The Bertz CT molecular complexity index is 1110. The van der Waals surface area contributed by atoms with Crippen LogP contribution in [-0.2, 0) is 17.8 Å². The van der Waals surface area contributed by atoms with Crippen LogP contribution in [-0.4, -0.2) is 60.6 Å². The number of likely N-dealkylation sites (tertiary alicyclic amines) is 1. The largest absolute Gasteiger partial charge is 0.327 e. The predicted molar refractivity (Wildman–Crippen MR) is 124 cm³/mol. The van der Waals surface area contributed by atoms with Crippen LogP contribution in [0.3, 0.4) is 0 Å². The second kappa shape index (κ2) is 10.1. The Morgan fingerprint density at radius 2 is 2.03 bits per heavy atom. The zero-order valence-corrected chi connectivity index (χ0v) is 19.1. The number of halogens is 1. The van der Waals surface area contributed by atoms with Gasteiger partial charge >= 0.3 is 6.03 Å². The average molecular weight is 468 g/mol. The molecule has 1 aliphatic rings. The van der Waals surface area contributed by atoms with Gasteiger partial charge in [-0.1, -0.05) is 41.9 Å². The number of hydrogen-bond donors (Lipinski definition) is 1. The highest BCUT2D eigenvalue weighted by atomic mass is 35.5. The second-order valence-electron chi connectivity index (χ2n) is 8.22. The van der Waals surface area contributed by atoms with Crippen molar-refractivity contribution >= 4 is 23.5 Å². The highest BCUT2D eigenvalue weighted by Crippen LogP contribution is 2.24. The molecular weight excluding hydrogens is 442 g/mol. The van der Waals surface area contributed by atoms with E-state index in [-0.39, 0.29) is 18.6 Å². The Kier molecular flexibility index (Phi) is 7.00. The van der Waals surface area contributed by atoms with E-state index >= 15 is 0 Å². The summed E-state index contributed by atoms with van der Waals surface area (Å²) in [4.78, 5) is 30.0. The number of urea groups is 1. The van der Waals surface area contributed by atoms with E-state index in [0.29, 0.717) is 29.2 Å². The Morgan fingerprint density at radius 3 is 2.70 bits per heavy atom. The first-order chi connectivity index (χ1) is 15.9. The van der Waals surface area contributed by atoms with Crippen molar-refractivity contribution in [2.75, 3.05) is 6.54 Å². The predicted octanol–water partition coefficient (Wildman–Crippen LogP) is 2.82. The number of tetrazole rings is 1. The minimum Gasteiger partial charge on any atom is -0.322 e. The molecule has 0 aliphatic carbocycles. The molecule has 1 saturated heterocycles. The summed E-state index contributed by atoms with van der Waals surface area (Å²) in [5.74, 6) is -0.439. The third-order valence-corrected chi connectivity index (χ3v) is 6.11. The fourth-order valence-corrected chi connectivity index (χ4v) is 4.31. The van der Waals surface area contributed by atoms with Gasteiger partial charge in [0.25, 0.3) is 0 Å². The lowest BCUT2D eigenvalue weighted by Crippen LogP contribution is -2.52. The smallest absolute Gasteiger partial charge is 0.322 e. The Hall–Kier alpha value is -3.30. The fourth-order valence-electron chi connectivity index (χ4n) is 4.11. The highest BCUT2D eigenvalue weighted by Gasteiger charge is 2.34. The maximum Gasteiger partial charge on any atom is 0.327 e. The first kappa shape index (κ1) is 22.9. The quantitative estimate of drug-likeness (QED) is 0.596. The van der Waals surface area contributed by atoms with E-state index in [2.05, 4.69) is 15.5 Å². The first-order valence-corrected chi connectivity index (χ1v) is 11.2. The molecule has 33 heavy (non-hydrogen) atoms. The van der Waals surface area contributed by atoms with Gasteiger partial charge in [-0.05, 0) is 65.9 Å². The third-order valence-electron chi connectivity index (χ3n) is 5.88. The van der Waals surface area contributed by atoms with Gasteiger partial charge in [-0.3, -0.25) is 9.69 Å². The molecule has 2 heterocycles. The van der Waals surface area contributed by atoms with Crippen LogP contribution < -0.4 is 5.73 Å². The SMILES string of the molecule is C[C@@H]1CCCN1C(=O)N(Cc1cc(Cl)ccc1-n1cnnn1)C(=O)[C@H](N)Cc1ccccc1. The Labute approximate surface area is 197 Å². The summed E-state index contributed by atoms with van der Waals surface area (Å²) >= 11 is 6.26. The Morgan fingerprint density at radius 1 is 1.24 bits per heavy atom. The topological polar surface area (TPSA) is 110 Å². The summed E-state index contributed by atoms with van der Waals surface area (Å²) in [5.41, 5.74) is 8.50. The minimum atomic E-state index is -0.870. The number of nitrogens with two attached hydrogens (primary N) is 1. The van der Waals surface area contributed by atoms with Crippen LogP contribution in [0, 0.1) is 0 Å². The van der Waals surface area contributed by atoms with Crippen molar-refractivity contribution in [3.8, 4) is 5.69 Å². The van der Waals surface area contributed by atoms with Crippen LogP contribution in [0.25, 0.3) is 5.69 Å². The third kappa shape index (κ3) is 5.20. The van der Waals surface area contributed by atoms with Crippen molar-refractivity contribution in [1.29, 1.82) is 0 Å². The number of amides is 3. The molecule has 1 aromatic heterocycles. The monoisotopic (exact) mass is 467 g/mol. The molecule has 4 rings (SSSR count). The van der Waals surface area contributed by atoms with E-state index in [9.17, 15) is 9.59 Å². The van der Waals surface area contributed by atoms with Gasteiger partial charge in [-0.25, -0.2) is 9.48 Å². The zero-order chi connectivity index (χ0) is 23.4. The molecule has 0 spiro atoms. The maximum absolute atomic E-state index is 13.5. The molecule has 1 fully saturated rings. The fraction of sp³-hybridized carbons (Fsp3) is 0.348. The number of hydrogen-bond acceptors (Lipinski definition) is 6. The molecule has 2 aromatic carbocycles. The summed E-state index contributed by atoms with van der Waals surface area (Å²) in [6.07, 6.45) is 3.58. The normalized spacial score (nSPS) is 16.6. The number of nitrogens with zero attached hydrogens (tertiary/aromatic N) is 6. The second-order valence-corrected chi connectivity index (χ2v) is 8.65. The standard InChI is InChI=1S/C23H26ClN7O2/c1-16-6-5-11-29(16)23(33)30(22(32)20(25)12-17-7-3-2-4-8-17)14-18-13-19(24)9-10-21(18)31-15-26-27-28-31/h2-4,7-10,13,15-16,20H,5-6,11-12,14,25H2,1H3/t16-,20-/m1/s1. The van der Waals surface area contributed by atoms with Gasteiger partial charge in [-0.2, -0.15) is 0 Å². The molecule has 0 unspecified atom stereocenters. The Balaban J connectivity index is 1.66. The van der Waals surface area contributed by atoms with Gasteiger partial charge in [0.15, 0.2) is 0 Å². The highest BCUT2D eigenvalue weighted by molar-refractivity contribution is 6.30. The number of imide groups is 1. The van der Waals surface area contributed by atoms with Crippen molar-refractivity contribution in [2.45, 2.75) is 44.8 Å².